The number of nitrogens with one attached hydrogen (secondary N) is 1. The van der Waals surface area contributed by atoms with Gasteiger partial charge in [0.05, 0.1) is 0 Å². The van der Waals surface area contributed by atoms with Crippen LogP contribution < -0.4 is 10.1 Å². The predicted molar refractivity (Wildman–Crippen MR) is 67.3 cm³/mol. The van der Waals surface area contributed by atoms with E-state index in [0.717, 1.165) is 5.69 Å². The molecule has 0 spiro atoms. The highest BCUT2D eigenvalue weighted by Gasteiger charge is 2.28. The molecule has 0 atom stereocenters. The van der Waals surface area contributed by atoms with Crippen molar-refractivity contribution in [3.63, 3.8) is 0 Å². The number of hydrogen-bond donors (Lipinski definition) is 2. The minimum absolute atomic E-state index is 0.0484. The van der Waals surface area contributed by atoms with Gasteiger partial charge >= 0.3 is 6.18 Å². The summed E-state index contributed by atoms with van der Waals surface area (Å²) in [4.78, 5) is 0. The molecule has 0 saturated heterocycles. The quantitative estimate of drug-likeness (QED) is 0.839. The largest absolute Gasteiger partial charge is 0.484 e. The number of alkyl halides is 3. The van der Waals surface area contributed by atoms with Crippen LogP contribution in [0.5, 0.6) is 5.75 Å². The second-order valence-electron chi connectivity index (χ2n) is 5.10. The molecule has 19 heavy (non-hydrogen) atoms. The molecule has 1 rings (SSSR count). The van der Waals surface area contributed by atoms with Crippen LogP contribution in [0.15, 0.2) is 24.3 Å². The number of benzene rings is 1. The van der Waals surface area contributed by atoms with Crippen molar-refractivity contribution in [3.05, 3.63) is 24.3 Å². The maximum Gasteiger partial charge on any atom is 0.422 e. The highest BCUT2D eigenvalue weighted by molar-refractivity contribution is 5.46. The van der Waals surface area contributed by atoms with Gasteiger partial charge in [0.25, 0.3) is 0 Å². The van der Waals surface area contributed by atoms with Crippen molar-refractivity contribution in [2.75, 3.05) is 25.1 Å². The van der Waals surface area contributed by atoms with Gasteiger partial charge in [-0.25, -0.2) is 0 Å². The average Bonchev–Trinajstić information content (AvgIpc) is 2.34. The minimum Gasteiger partial charge on any atom is -0.484 e. The van der Waals surface area contributed by atoms with Crippen LogP contribution in [-0.4, -0.2) is 31.0 Å². The maximum atomic E-state index is 12.0. The molecule has 2 N–H and O–H groups in total. The molecule has 1 aromatic rings. The first-order valence-electron chi connectivity index (χ1n) is 5.86. The van der Waals surface area contributed by atoms with Crippen LogP contribution in [0.25, 0.3) is 0 Å². The molecule has 0 fully saturated rings. The average molecular weight is 277 g/mol. The zero-order valence-electron chi connectivity index (χ0n) is 10.9. The molecule has 0 unspecified atom stereocenters. The van der Waals surface area contributed by atoms with Gasteiger partial charge in [-0.2, -0.15) is 13.2 Å². The van der Waals surface area contributed by atoms with Crippen molar-refractivity contribution in [2.45, 2.75) is 20.0 Å². The number of halogens is 3. The van der Waals surface area contributed by atoms with Crippen molar-refractivity contribution in [1.29, 1.82) is 0 Å². The molecule has 0 aliphatic heterocycles. The smallest absolute Gasteiger partial charge is 0.422 e. The fourth-order valence-corrected chi connectivity index (χ4v) is 1.23. The van der Waals surface area contributed by atoms with E-state index in [9.17, 15) is 13.2 Å². The summed E-state index contributed by atoms with van der Waals surface area (Å²) in [6.07, 6.45) is -4.33. The zero-order chi connectivity index (χ0) is 14.5. The summed E-state index contributed by atoms with van der Waals surface area (Å²) >= 11 is 0. The maximum absolute atomic E-state index is 12.0. The lowest BCUT2D eigenvalue weighted by atomic mass is 9.95. The third-order valence-electron chi connectivity index (χ3n) is 2.46. The number of aliphatic hydroxyl groups excluding tert-OH is 1. The van der Waals surface area contributed by atoms with E-state index in [1.54, 1.807) is 12.1 Å². The summed E-state index contributed by atoms with van der Waals surface area (Å²) in [5.74, 6) is 0.171. The van der Waals surface area contributed by atoms with Crippen LogP contribution in [0.1, 0.15) is 13.8 Å². The van der Waals surface area contributed by atoms with E-state index in [2.05, 4.69) is 10.1 Å². The fourth-order valence-electron chi connectivity index (χ4n) is 1.23. The van der Waals surface area contributed by atoms with Crippen LogP contribution >= 0.6 is 0 Å². The van der Waals surface area contributed by atoms with Crippen molar-refractivity contribution in [2.24, 2.45) is 5.41 Å². The first kappa shape index (κ1) is 15.6. The highest BCUT2D eigenvalue weighted by atomic mass is 19.4. The lowest BCUT2D eigenvalue weighted by Gasteiger charge is -2.22. The molecule has 0 bridgehead atoms. The number of aliphatic hydroxyl groups is 1. The Balaban J connectivity index is 2.48. The molecule has 0 saturated carbocycles. The summed E-state index contributed by atoms with van der Waals surface area (Å²) in [6, 6.07) is 6.22. The second-order valence-corrected chi connectivity index (χ2v) is 5.10. The van der Waals surface area contributed by atoms with E-state index in [4.69, 9.17) is 5.11 Å². The van der Waals surface area contributed by atoms with E-state index < -0.39 is 12.8 Å². The first-order valence-corrected chi connectivity index (χ1v) is 5.86. The topological polar surface area (TPSA) is 41.5 Å². The van der Waals surface area contributed by atoms with Crippen LogP contribution in [0.2, 0.25) is 0 Å². The molecule has 6 heteroatoms. The Morgan fingerprint density at radius 3 is 2.21 bits per heavy atom. The van der Waals surface area contributed by atoms with Crippen LogP contribution in [-0.2, 0) is 0 Å². The minimum atomic E-state index is -4.33. The zero-order valence-corrected chi connectivity index (χ0v) is 10.9. The number of hydrogen-bond acceptors (Lipinski definition) is 3. The van der Waals surface area contributed by atoms with Crippen molar-refractivity contribution < 1.29 is 23.0 Å². The standard InChI is InChI=1S/C13H18F3NO2/c1-12(2,8-18)7-17-10-3-5-11(6-4-10)19-9-13(14,15)16/h3-6,17-18H,7-9H2,1-2H3. The predicted octanol–water partition coefficient (Wildman–Crippen LogP) is 3.06. The normalized spacial score (nSPS) is 12.3. The lowest BCUT2D eigenvalue weighted by Crippen LogP contribution is -2.26. The molecular formula is C13H18F3NO2. The van der Waals surface area contributed by atoms with E-state index in [1.807, 2.05) is 13.8 Å². The van der Waals surface area contributed by atoms with Gasteiger partial charge in [-0.1, -0.05) is 13.8 Å². The Bertz CT molecular complexity index is 388. The molecule has 1 aromatic carbocycles. The monoisotopic (exact) mass is 277 g/mol. The first-order chi connectivity index (χ1) is 8.72. The fraction of sp³-hybridized carbons (Fsp3) is 0.538. The van der Waals surface area contributed by atoms with Crippen LogP contribution in [0.4, 0.5) is 18.9 Å². The van der Waals surface area contributed by atoms with Gasteiger partial charge in [0.1, 0.15) is 5.75 Å². The van der Waals surface area contributed by atoms with Gasteiger partial charge in [-0.05, 0) is 24.3 Å². The molecule has 3 nitrogen and oxygen atoms in total. The van der Waals surface area contributed by atoms with E-state index >= 15 is 0 Å². The SMILES string of the molecule is CC(C)(CO)CNc1ccc(OCC(F)(F)F)cc1. The van der Waals surface area contributed by atoms with Gasteiger partial charge in [-0.15, -0.1) is 0 Å². The Kier molecular flexibility index (Phi) is 5.05. The van der Waals surface area contributed by atoms with E-state index in [0.29, 0.717) is 6.54 Å². The van der Waals surface area contributed by atoms with Gasteiger partial charge in [0.15, 0.2) is 6.61 Å². The molecule has 0 amide bonds. The summed E-state index contributed by atoms with van der Waals surface area (Å²) in [5.41, 5.74) is 0.506. The molecule has 0 radical (unpaired) electrons. The summed E-state index contributed by atoms with van der Waals surface area (Å²) in [5, 5.41) is 12.2. The number of anilines is 1. The van der Waals surface area contributed by atoms with Crippen molar-refractivity contribution in [3.8, 4) is 5.75 Å². The van der Waals surface area contributed by atoms with Crippen molar-refractivity contribution in [1.82, 2.24) is 0 Å². The van der Waals surface area contributed by atoms with Crippen LogP contribution in [0.3, 0.4) is 0 Å². The molecule has 0 aromatic heterocycles. The molecule has 0 aliphatic rings. The Hall–Kier alpha value is -1.43. The van der Waals surface area contributed by atoms with E-state index in [-0.39, 0.29) is 17.8 Å². The summed E-state index contributed by atoms with van der Waals surface area (Å²) in [7, 11) is 0. The third kappa shape index (κ3) is 6.33. The Labute approximate surface area is 110 Å². The summed E-state index contributed by atoms with van der Waals surface area (Å²) < 4.78 is 40.5. The van der Waals surface area contributed by atoms with Crippen molar-refractivity contribution >= 4 is 5.69 Å². The molecule has 108 valence electrons. The lowest BCUT2D eigenvalue weighted by molar-refractivity contribution is -0.153. The third-order valence-corrected chi connectivity index (χ3v) is 2.46. The Morgan fingerprint density at radius 2 is 1.74 bits per heavy atom. The van der Waals surface area contributed by atoms with E-state index in [1.165, 1.54) is 12.1 Å². The molecular weight excluding hydrogens is 259 g/mol. The van der Waals surface area contributed by atoms with Crippen LogP contribution in [0, 0.1) is 5.41 Å². The summed E-state index contributed by atoms with van der Waals surface area (Å²) in [6.45, 7) is 3.12. The molecule has 0 heterocycles. The van der Waals surface area contributed by atoms with Gasteiger partial charge in [-0.3, -0.25) is 0 Å². The highest BCUT2D eigenvalue weighted by Crippen LogP contribution is 2.21. The number of ether oxygens (including phenoxy) is 1. The van der Waals surface area contributed by atoms with Gasteiger partial charge in [0, 0.05) is 24.3 Å². The molecule has 0 aliphatic carbocycles. The number of rotatable bonds is 6. The second kappa shape index (κ2) is 6.14. The van der Waals surface area contributed by atoms with Gasteiger partial charge in [0.2, 0.25) is 0 Å². The Morgan fingerprint density at radius 1 is 1.16 bits per heavy atom. The van der Waals surface area contributed by atoms with Gasteiger partial charge < -0.3 is 15.2 Å².